The van der Waals surface area contributed by atoms with Crippen LogP contribution in [-0.4, -0.2) is 12.4 Å². The van der Waals surface area contributed by atoms with Crippen molar-refractivity contribution in [3.8, 4) is 5.75 Å². The molecule has 0 amide bonds. The fourth-order valence-electron chi connectivity index (χ4n) is 2.26. The summed E-state index contributed by atoms with van der Waals surface area (Å²) in [6, 6.07) is 9.98. The Morgan fingerprint density at radius 1 is 1.05 bits per heavy atom. The van der Waals surface area contributed by atoms with Gasteiger partial charge in [-0.05, 0) is 29.8 Å². The van der Waals surface area contributed by atoms with Gasteiger partial charge in [-0.3, -0.25) is 4.79 Å². The molecule has 2 aromatic rings. The number of benzene rings is 2. The lowest BCUT2D eigenvalue weighted by atomic mass is 9.89. The van der Waals surface area contributed by atoms with Gasteiger partial charge in [0.2, 0.25) is 0 Å². The molecule has 2 nitrogen and oxygen atoms in total. The number of carbonyl (C=O) groups excluding carboxylic acids is 1. The van der Waals surface area contributed by atoms with Gasteiger partial charge in [0.05, 0.1) is 11.5 Å². The van der Waals surface area contributed by atoms with Crippen LogP contribution in [0.3, 0.4) is 0 Å². The molecule has 96 valence electrons. The second kappa shape index (κ2) is 4.46. The first-order chi connectivity index (χ1) is 9.15. The maximum atomic E-state index is 13.2. The highest BCUT2D eigenvalue weighted by atomic mass is 19.1. The first-order valence-corrected chi connectivity index (χ1v) is 5.87. The van der Waals surface area contributed by atoms with Gasteiger partial charge in [0.15, 0.2) is 5.78 Å². The van der Waals surface area contributed by atoms with Crippen LogP contribution in [-0.2, 0) is 0 Å². The van der Waals surface area contributed by atoms with Crippen molar-refractivity contribution in [2.45, 2.75) is 5.92 Å². The van der Waals surface area contributed by atoms with Gasteiger partial charge in [-0.2, -0.15) is 0 Å². The molecule has 4 heteroatoms. The van der Waals surface area contributed by atoms with Gasteiger partial charge in [-0.25, -0.2) is 8.78 Å². The largest absolute Gasteiger partial charge is 0.492 e. The Kier molecular flexibility index (Phi) is 2.78. The van der Waals surface area contributed by atoms with E-state index >= 15 is 0 Å². The van der Waals surface area contributed by atoms with Crippen LogP contribution in [0.5, 0.6) is 5.75 Å². The average molecular weight is 260 g/mol. The summed E-state index contributed by atoms with van der Waals surface area (Å²) < 4.78 is 31.9. The second-order valence-electron chi connectivity index (χ2n) is 4.43. The molecule has 1 atom stereocenters. The normalized spacial score (nSPS) is 17.8. The minimum absolute atomic E-state index is 0.0960. The van der Waals surface area contributed by atoms with E-state index in [-0.39, 0.29) is 12.4 Å². The zero-order chi connectivity index (χ0) is 13.4. The highest BCUT2D eigenvalue weighted by Crippen LogP contribution is 2.32. The number of para-hydroxylation sites is 1. The Labute approximate surface area is 108 Å². The number of hydrogen-bond donors (Lipinski definition) is 0. The van der Waals surface area contributed by atoms with E-state index in [1.165, 1.54) is 12.1 Å². The molecule has 1 aliphatic heterocycles. The lowest BCUT2D eigenvalue weighted by Gasteiger charge is -2.24. The summed E-state index contributed by atoms with van der Waals surface area (Å²) in [4.78, 5) is 12.3. The third-order valence-electron chi connectivity index (χ3n) is 3.16. The molecule has 0 saturated carbocycles. The molecule has 0 aromatic heterocycles. The number of ether oxygens (including phenoxy) is 1. The summed E-state index contributed by atoms with van der Waals surface area (Å²) in [5, 5.41) is 0. The number of fused-ring (bicyclic) bond motifs is 1. The summed E-state index contributed by atoms with van der Waals surface area (Å²) >= 11 is 0. The van der Waals surface area contributed by atoms with Gasteiger partial charge in [-0.1, -0.05) is 12.1 Å². The summed E-state index contributed by atoms with van der Waals surface area (Å²) in [5.41, 5.74) is 0.750. The Balaban J connectivity index is 2.02. The van der Waals surface area contributed by atoms with Crippen LogP contribution in [0.1, 0.15) is 21.8 Å². The van der Waals surface area contributed by atoms with Crippen LogP contribution in [0.2, 0.25) is 0 Å². The number of Topliss-reactive ketones (excluding diaryl/α,β-unsaturated/α-hetero) is 1. The predicted molar refractivity (Wildman–Crippen MR) is 65.4 cm³/mol. The van der Waals surface area contributed by atoms with Gasteiger partial charge in [0.1, 0.15) is 24.0 Å². The Morgan fingerprint density at radius 2 is 1.74 bits per heavy atom. The lowest BCUT2D eigenvalue weighted by molar-refractivity contribution is 0.0896. The van der Waals surface area contributed by atoms with Crippen LogP contribution in [0.4, 0.5) is 8.78 Å². The summed E-state index contributed by atoms with van der Waals surface area (Å²) in [6.07, 6.45) is 0. The number of halogens is 2. The zero-order valence-electron chi connectivity index (χ0n) is 9.90. The summed E-state index contributed by atoms with van der Waals surface area (Å²) in [6.45, 7) is 0.0960. The van der Waals surface area contributed by atoms with Crippen molar-refractivity contribution in [1.82, 2.24) is 0 Å². The van der Waals surface area contributed by atoms with E-state index in [1.54, 1.807) is 24.3 Å². The monoisotopic (exact) mass is 260 g/mol. The first-order valence-electron chi connectivity index (χ1n) is 5.87. The first kappa shape index (κ1) is 11.8. The predicted octanol–water partition coefficient (Wildman–Crippen LogP) is 3.32. The zero-order valence-corrected chi connectivity index (χ0v) is 9.90. The van der Waals surface area contributed by atoms with Crippen molar-refractivity contribution in [2.24, 2.45) is 0 Å². The quantitative estimate of drug-likeness (QED) is 0.786. The molecule has 0 radical (unpaired) electrons. The van der Waals surface area contributed by atoms with Crippen LogP contribution in [0.25, 0.3) is 0 Å². The van der Waals surface area contributed by atoms with Gasteiger partial charge in [0.25, 0.3) is 0 Å². The van der Waals surface area contributed by atoms with E-state index in [1.807, 2.05) is 0 Å². The SMILES string of the molecule is O=C1c2ccccc2OC[C@H]1c1cc(F)cc(F)c1. The fraction of sp³-hybridized carbons (Fsp3) is 0.133. The molecular weight excluding hydrogens is 250 g/mol. The number of ketones is 1. The van der Waals surface area contributed by atoms with E-state index in [2.05, 4.69) is 0 Å². The van der Waals surface area contributed by atoms with Crippen molar-refractivity contribution >= 4 is 5.78 Å². The van der Waals surface area contributed by atoms with Gasteiger partial charge in [0, 0.05) is 6.07 Å². The van der Waals surface area contributed by atoms with Crippen LogP contribution in [0, 0.1) is 11.6 Å². The van der Waals surface area contributed by atoms with Crippen molar-refractivity contribution in [3.63, 3.8) is 0 Å². The second-order valence-corrected chi connectivity index (χ2v) is 4.43. The van der Waals surface area contributed by atoms with Crippen molar-refractivity contribution in [1.29, 1.82) is 0 Å². The highest BCUT2D eigenvalue weighted by Gasteiger charge is 2.30. The Bertz CT molecular complexity index is 632. The number of carbonyl (C=O) groups is 1. The smallest absolute Gasteiger partial charge is 0.177 e. The molecule has 0 unspecified atom stereocenters. The summed E-state index contributed by atoms with van der Waals surface area (Å²) in [5.74, 6) is -1.71. The molecule has 0 bridgehead atoms. The minimum atomic E-state index is -0.693. The van der Waals surface area contributed by atoms with E-state index in [0.29, 0.717) is 16.9 Å². The van der Waals surface area contributed by atoms with E-state index < -0.39 is 17.6 Å². The highest BCUT2D eigenvalue weighted by molar-refractivity contribution is 6.04. The topological polar surface area (TPSA) is 26.3 Å². The maximum absolute atomic E-state index is 13.2. The molecule has 19 heavy (non-hydrogen) atoms. The molecular formula is C15H10F2O2. The minimum Gasteiger partial charge on any atom is -0.492 e. The summed E-state index contributed by atoms with van der Waals surface area (Å²) in [7, 11) is 0. The maximum Gasteiger partial charge on any atom is 0.177 e. The van der Waals surface area contributed by atoms with Crippen molar-refractivity contribution in [2.75, 3.05) is 6.61 Å². The van der Waals surface area contributed by atoms with Crippen LogP contribution >= 0.6 is 0 Å². The molecule has 2 aromatic carbocycles. The number of hydrogen-bond acceptors (Lipinski definition) is 2. The van der Waals surface area contributed by atoms with E-state index in [0.717, 1.165) is 6.07 Å². The fourth-order valence-corrected chi connectivity index (χ4v) is 2.26. The van der Waals surface area contributed by atoms with Gasteiger partial charge in [-0.15, -0.1) is 0 Å². The number of rotatable bonds is 1. The molecule has 0 fully saturated rings. The molecule has 0 saturated heterocycles. The van der Waals surface area contributed by atoms with Crippen LogP contribution in [0.15, 0.2) is 42.5 Å². The van der Waals surface area contributed by atoms with Crippen molar-refractivity contribution in [3.05, 3.63) is 65.2 Å². The third kappa shape index (κ3) is 2.10. The molecule has 0 spiro atoms. The molecule has 0 aliphatic carbocycles. The van der Waals surface area contributed by atoms with Gasteiger partial charge >= 0.3 is 0 Å². The Morgan fingerprint density at radius 3 is 2.47 bits per heavy atom. The molecule has 3 rings (SSSR count). The standard InChI is InChI=1S/C15H10F2O2/c16-10-5-9(6-11(17)7-10)13-8-19-14-4-2-1-3-12(14)15(13)18/h1-7,13H,8H2/t13-/m0/s1. The molecule has 1 aliphatic rings. The lowest BCUT2D eigenvalue weighted by Crippen LogP contribution is -2.26. The molecule has 1 heterocycles. The average Bonchev–Trinajstić information content (AvgIpc) is 2.38. The third-order valence-corrected chi connectivity index (χ3v) is 3.16. The van der Waals surface area contributed by atoms with E-state index in [9.17, 15) is 13.6 Å². The van der Waals surface area contributed by atoms with Crippen LogP contribution < -0.4 is 4.74 Å². The Hall–Kier alpha value is -2.23. The van der Waals surface area contributed by atoms with Crippen molar-refractivity contribution < 1.29 is 18.3 Å². The van der Waals surface area contributed by atoms with E-state index in [4.69, 9.17) is 4.74 Å². The molecule has 0 N–H and O–H groups in total. The van der Waals surface area contributed by atoms with Gasteiger partial charge < -0.3 is 4.74 Å².